The van der Waals surface area contributed by atoms with Crippen molar-refractivity contribution in [3.63, 3.8) is 0 Å². The lowest BCUT2D eigenvalue weighted by atomic mass is 10.1. The van der Waals surface area contributed by atoms with Gasteiger partial charge in [-0.2, -0.15) is 0 Å². The van der Waals surface area contributed by atoms with Crippen molar-refractivity contribution >= 4 is 54.6 Å². The maximum absolute atomic E-state index is 12.9. The van der Waals surface area contributed by atoms with Gasteiger partial charge in [0, 0.05) is 21.8 Å². The molecule has 0 bridgehead atoms. The summed E-state index contributed by atoms with van der Waals surface area (Å²) in [6.07, 6.45) is 0. The maximum Gasteiger partial charge on any atom is 0.259 e. The summed E-state index contributed by atoms with van der Waals surface area (Å²) >= 11 is 6.82. The Morgan fingerprint density at radius 1 is 1.03 bits per heavy atom. The van der Waals surface area contributed by atoms with Crippen molar-refractivity contribution in [1.82, 2.24) is 4.98 Å². The number of amides is 1. The van der Waals surface area contributed by atoms with E-state index in [1.807, 2.05) is 36.4 Å². The van der Waals surface area contributed by atoms with Gasteiger partial charge in [0.05, 0.1) is 24.3 Å². The molecule has 0 atom stereocenters. The van der Waals surface area contributed by atoms with E-state index in [9.17, 15) is 4.79 Å². The van der Waals surface area contributed by atoms with Crippen LogP contribution in [0.4, 0.5) is 5.69 Å². The quantitative estimate of drug-likeness (QED) is 0.327. The number of carbonyl (C=O) groups excluding carboxylic acids is 1. The molecule has 0 saturated carbocycles. The molecule has 1 amide bonds. The zero-order chi connectivity index (χ0) is 21.3. The van der Waals surface area contributed by atoms with E-state index < -0.39 is 0 Å². The van der Waals surface area contributed by atoms with Gasteiger partial charge in [0.15, 0.2) is 5.58 Å². The van der Waals surface area contributed by atoms with Crippen LogP contribution in [0, 0.1) is 0 Å². The highest BCUT2D eigenvalue weighted by Gasteiger charge is 2.17. The SMILES string of the molecule is COc1ccc2oc(-c3cccc(NC(=O)c4cc(Br)cc(Br)c4OC)c3)nc2c1. The van der Waals surface area contributed by atoms with Gasteiger partial charge in [-0.1, -0.05) is 22.0 Å². The van der Waals surface area contributed by atoms with Crippen molar-refractivity contribution in [2.24, 2.45) is 0 Å². The van der Waals surface area contributed by atoms with Gasteiger partial charge in [-0.3, -0.25) is 4.79 Å². The minimum atomic E-state index is -0.298. The predicted octanol–water partition coefficient (Wildman–Crippen LogP) is 6.29. The summed E-state index contributed by atoms with van der Waals surface area (Å²) in [4.78, 5) is 17.4. The fourth-order valence-electron chi connectivity index (χ4n) is 3.02. The molecule has 8 heteroatoms. The van der Waals surface area contributed by atoms with Crippen LogP contribution in [0.3, 0.4) is 0 Å². The molecule has 1 heterocycles. The number of aromatic nitrogens is 1. The number of ether oxygens (including phenoxy) is 2. The number of carbonyl (C=O) groups is 1. The van der Waals surface area contributed by atoms with Gasteiger partial charge in [0.2, 0.25) is 5.89 Å². The highest BCUT2D eigenvalue weighted by atomic mass is 79.9. The fraction of sp³-hybridized carbons (Fsp3) is 0.0909. The molecule has 0 radical (unpaired) electrons. The third-order valence-corrected chi connectivity index (χ3v) is 5.47. The Morgan fingerprint density at radius 2 is 1.87 bits per heavy atom. The number of oxazole rings is 1. The number of nitrogens with zero attached hydrogens (tertiary/aromatic N) is 1. The van der Waals surface area contributed by atoms with Crippen LogP contribution in [0.5, 0.6) is 11.5 Å². The molecule has 4 rings (SSSR count). The zero-order valence-corrected chi connectivity index (χ0v) is 19.2. The van der Waals surface area contributed by atoms with Crippen LogP contribution < -0.4 is 14.8 Å². The fourth-order valence-corrected chi connectivity index (χ4v) is 4.41. The van der Waals surface area contributed by atoms with Gasteiger partial charge >= 0.3 is 0 Å². The van der Waals surface area contributed by atoms with E-state index in [4.69, 9.17) is 13.9 Å². The second-order valence-electron chi connectivity index (χ2n) is 6.36. The summed E-state index contributed by atoms with van der Waals surface area (Å²) in [5.74, 6) is 1.32. The first kappa shape index (κ1) is 20.4. The van der Waals surface area contributed by atoms with E-state index in [1.165, 1.54) is 7.11 Å². The lowest BCUT2D eigenvalue weighted by Crippen LogP contribution is -2.13. The molecule has 0 fully saturated rings. The van der Waals surface area contributed by atoms with Crippen LogP contribution >= 0.6 is 31.9 Å². The first-order valence-electron chi connectivity index (χ1n) is 8.88. The van der Waals surface area contributed by atoms with Gasteiger partial charge in [-0.15, -0.1) is 0 Å². The van der Waals surface area contributed by atoms with Gasteiger partial charge in [-0.05, 0) is 58.4 Å². The number of anilines is 1. The Labute approximate surface area is 189 Å². The van der Waals surface area contributed by atoms with E-state index in [0.29, 0.717) is 44.2 Å². The molecule has 30 heavy (non-hydrogen) atoms. The minimum Gasteiger partial charge on any atom is -0.497 e. The molecular formula is C22H16Br2N2O4. The van der Waals surface area contributed by atoms with Crippen LogP contribution in [0.25, 0.3) is 22.6 Å². The molecule has 0 aliphatic heterocycles. The first-order valence-corrected chi connectivity index (χ1v) is 10.5. The number of hydrogen-bond acceptors (Lipinski definition) is 5. The third-order valence-electron chi connectivity index (χ3n) is 4.42. The molecule has 0 spiro atoms. The number of rotatable bonds is 5. The molecule has 6 nitrogen and oxygen atoms in total. The van der Waals surface area contributed by atoms with E-state index in [1.54, 1.807) is 25.3 Å². The van der Waals surface area contributed by atoms with Crippen LogP contribution in [-0.2, 0) is 0 Å². The van der Waals surface area contributed by atoms with Gasteiger partial charge in [-0.25, -0.2) is 4.98 Å². The molecule has 1 aromatic heterocycles. The normalized spacial score (nSPS) is 10.8. The van der Waals surface area contributed by atoms with Crippen molar-refractivity contribution < 1.29 is 18.7 Å². The lowest BCUT2D eigenvalue weighted by molar-refractivity contribution is 0.102. The zero-order valence-electron chi connectivity index (χ0n) is 16.0. The molecule has 0 unspecified atom stereocenters. The standard InChI is InChI=1S/C22H16Br2N2O4/c1-28-15-6-7-19-18(11-15)26-22(30-19)12-4-3-5-14(8-12)25-21(27)16-9-13(23)10-17(24)20(16)29-2/h3-11H,1-2H3,(H,25,27). The molecule has 0 aliphatic carbocycles. The molecule has 3 aromatic carbocycles. The number of hydrogen-bond donors (Lipinski definition) is 1. The molecule has 152 valence electrons. The Hall–Kier alpha value is -2.84. The predicted molar refractivity (Wildman–Crippen MR) is 122 cm³/mol. The van der Waals surface area contributed by atoms with Crippen molar-refractivity contribution in [3.05, 3.63) is 69.1 Å². The molecule has 0 saturated heterocycles. The first-order chi connectivity index (χ1) is 14.5. The number of benzene rings is 3. The molecular weight excluding hydrogens is 516 g/mol. The highest BCUT2D eigenvalue weighted by Crippen LogP contribution is 2.33. The summed E-state index contributed by atoms with van der Waals surface area (Å²) < 4.78 is 17.9. The monoisotopic (exact) mass is 530 g/mol. The van der Waals surface area contributed by atoms with Crippen molar-refractivity contribution in [1.29, 1.82) is 0 Å². The minimum absolute atomic E-state index is 0.298. The van der Waals surface area contributed by atoms with Crippen LogP contribution in [-0.4, -0.2) is 25.1 Å². The second kappa shape index (κ2) is 8.49. The Morgan fingerprint density at radius 3 is 2.63 bits per heavy atom. The largest absolute Gasteiger partial charge is 0.497 e. The Kier molecular flexibility index (Phi) is 5.78. The smallest absolute Gasteiger partial charge is 0.259 e. The number of nitrogens with one attached hydrogen (secondary N) is 1. The van der Waals surface area contributed by atoms with E-state index in [0.717, 1.165) is 10.0 Å². The van der Waals surface area contributed by atoms with Gasteiger partial charge in [0.25, 0.3) is 5.91 Å². The van der Waals surface area contributed by atoms with Crippen molar-refractivity contribution in [2.75, 3.05) is 19.5 Å². The second-order valence-corrected chi connectivity index (χ2v) is 8.13. The summed E-state index contributed by atoms with van der Waals surface area (Å²) in [5.41, 5.74) is 3.10. The van der Waals surface area contributed by atoms with Gasteiger partial charge in [0.1, 0.15) is 17.0 Å². The molecule has 4 aromatic rings. The molecule has 0 aliphatic rings. The average Bonchev–Trinajstić information content (AvgIpc) is 3.16. The number of fused-ring (bicyclic) bond motifs is 1. The van der Waals surface area contributed by atoms with Gasteiger partial charge < -0.3 is 19.2 Å². The Bertz CT molecular complexity index is 1250. The summed E-state index contributed by atoms with van der Waals surface area (Å²) in [6, 6.07) is 16.3. The van der Waals surface area contributed by atoms with E-state index in [2.05, 4.69) is 42.2 Å². The molecule has 1 N–H and O–H groups in total. The topological polar surface area (TPSA) is 73.6 Å². The number of methoxy groups -OCH3 is 2. The summed E-state index contributed by atoms with van der Waals surface area (Å²) in [7, 11) is 3.13. The summed E-state index contributed by atoms with van der Waals surface area (Å²) in [5, 5.41) is 2.90. The van der Waals surface area contributed by atoms with Crippen molar-refractivity contribution in [2.45, 2.75) is 0 Å². The summed E-state index contributed by atoms with van der Waals surface area (Å²) in [6.45, 7) is 0. The Balaban J connectivity index is 1.64. The van der Waals surface area contributed by atoms with Crippen molar-refractivity contribution in [3.8, 4) is 23.0 Å². The third kappa shape index (κ3) is 4.06. The number of halogens is 2. The highest BCUT2D eigenvalue weighted by molar-refractivity contribution is 9.11. The van der Waals surface area contributed by atoms with E-state index >= 15 is 0 Å². The average molecular weight is 532 g/mol. The van der Waals surface area contributed by atoms with E-state index in [-0.39, 0.29) is 5.91 Å². The van der Waals surface area contributed by atoms with Crippen LogP contribution in [0.2, 0.25) is 0 Å². The van der Waals surface area contributed by atoms with Crippen LogP contribution in [0.15, 0.2) is 68.0 Å². The lowest BCUT2D eigenvalue weighted by Gasteiger charge is -2.12. The van der Waals surface area contributed by atoms with Crippen LogP contribution in [0.1, 0.15) is 10.4 Å². The maximum atomic E-state index is 12.9.